The molecule has 1 aromatic heterocycles. The molecule has 0 N–H and O–H groups in total. The molecular weight excluding hydrogens is 446 g/mol. The molecule has 9 heteroatoms. The fourth-order valence-electron chi connectivity index (χ4n) is 5.19. The molecule has 0 saturated carbocycles. The highest BCUT2D eigenvalue weighted by molar-refractivity contribution is 7.91. The van der Waals surface area contributed by atoms with E-state index >= 15 is 0 Å². The fourth-order valence-corrected chi connectivity index (χ4v) is 6.97. The van der Waals surface area contributed by atoms with Crippen LogP contribution in [0.4, 0.5) is 0 Å². The van der Waals surface area contributed by atoms with E-state index in [1.165, 1.54) is 4.90 Å². The molecule has 33 heavy (non-hydrogen) atoms. The predicted molar refractivity (Wildman–Crippen MR) is 123 cm³/mol. The number of amides is 1. The van der Waals surface area contributed by atoms with E-state index in [1.54, 1.807) is 7.05 Å². The monoisotopic (exact) mass is 475 g/mol. The molecule has 8 nitrogen and oxygen atoms in total. The van der Waals surface area contributed by atoms with Crippen LogP contribution in [0, 0.1) is 0 Å². The van der Waals surface area contributed by atoms with Crippen molar-refractivity contribution in [1.82, 2.24) is 4.90 Å². The zero-order valence-electron chi connectivity index (χ0n) is 19.2. The normalized spacial score (nSPS) is 22.5. The summed E-state index contributed by atoms with van der Waals surface area (Å²) >= 11 is 0. The molecule has 3 aliphatic rings. The maximum absolute atomic E-state index is 12.8. The van der Waals surface area contributed by atoms with E-state index in [0.29, 0.717) is 35.5 Å². The van der Waals surface area contributed by atoms with Crippen molar-refractivity contribution in [3.8, 4) is 11.5 Å². The van der Waals surface area contributed by atoms with E-state index in [2.05, 4.69) is 0 Å². The topological polar surface area (TPSA) is 103 Å². The molecular formula is C24H29NO7S. The Hall–Kier alpha value is -2.55. The molecule has 1 amide bonds. The zero-order valence-corrected chi connectivity index (χ0v) is 20.0. The van der Waals surface area contributed by atoms with Crippen LogP contribution in [0.1, 0.15) is 49.8 Å². The zero-order chi connectivity index (χ0) is 23.5. The van der Waals surface area contributed by atoms with Gasteiger partial charge in [-0.25, -0.2) is 13.2 Å². The molecule has 0 unspecified atom stereocenters. The molecule has 0 radical (unpaired) electrons. The molecule has 2 aromatic rings. The summed E-state index contributed by atoms with van der Waals surface area (Å²) in [6.45, 7) is 3.78. The number of likely N-dealkylation sites (N-methyl/N-ethyl adjacent to an activating group) is 1. The van der Waals surface area contributed by atoms with Crippen molar-refractivity contribution in [3.05, 3.63) is 33.2 Å². The van der Waals surface area contributed by atoms with Gasteiger partial charge < -0.3 is 18.8 Å². The molecule has 5 rings (SSSR count). The Morgan fingerprint density at radius 1 is 1.21 bits per heavy atom. The van der Waals surface area contributed by atoms with Gasteiger partial charge in [0, 0.05) is 30.3 Å². The van der Waals surface area contributed by atoms with Crippen molar-refractivity contribution in [2.45, 2.75) is 64.0 Å². The van der Waals surface area contributed by atoms with Crippen molar-refractivity contribution in [2.75, 3.05) is 25.2 Å². The number of benzene rings is 1. The number of carbonyl (C=O) groups excluding carboxylic acids is 1. The minimum atomic E-state index is -3.10. The third-order valence-corrected chi connectivity index (χ3v) is 8.88. The van der Waals surface area contributed by atoms with Gasteiger partial charge in [-0.05, 0) is 57.9 Å². The Kier molecular flexibility index (Phi) is 5.23. The molecule has 178 valence electrons. The van der Waals surface area contributed by atoms with Crippen molar-refractivity contribution >= 4 is 26.7 Å². The Balaban J connectivity index is 1.50. The van der Waals surface area contributed by atoms with Crippen LogP contribution in [0.2, 0.25) is 0 Å². The van der Waals surface area contributed by atoms with Gasteiger partial charge in [0.15, 0.2) is 16.4 Å². The first-order valence-corrected chi connectivity index (χ1v) is 13.3. The summed E-state index contributed by atoms with van der Waals surface area (Å²) in [6.07, 6.45) is 4.26. The summed E-state index contributed by atoms with van der Waals surface area (Å²) in [5, 5.41) is 0.753. The van der Waals surface area contributed by atoms with Crippen LogP contribution in [0.3, 0.4) is 0 Å². The minimum absolute atomic E-state index is 0.0153. The van der Waals surface area contributed by atoms with E-state index in [0.717, 1.165) is 42.2 Å². The lowest BCUT2D eigenvalue weighted by Gasteiger charge is -2.33. The third-order valence-electron chi connectivity index (χ3n) is 7.13. The largest absolute Gasteiger partial charge is 0.487 e. The second-order valence-corrected chi connectivity index (χ2v) is 12.2. The molecule has 1 aliphatic carbocycles. The first-order chi connectivity index (χ1) is 15.5. The van der Waals surface area contributed by atoms with Crippen LogP contribution >= 0.6 is 0 Å². The molecule has 1 aromatic carbocycles. The summed E-state index contributed by atoms with van der Waals surface area (Å²) in [5.41, 5.74) is 2.31. The number of hydrogen-bond acceptors (Lipinski definition) is 7. The summed E-state index contributed by atoms with van der Waals surface area (Å²) in [4.78, 5) is 26.9. The van der Waals surface area contributed by atoms with Gasteiger partial charge in [0.05, 0.1) is 16.9 Å². The van der Waals surface area contributed by atoms with Crippen LogP contribution < -0.4 is 15.1 Å². The number of ether oxygens (including phenoxy) is 2. The summed E-state index contributed by atoms with van der Waals surface area (Å²) in [5.74, 6) is 0.864. The molecule has 1 atom stereocenters. The first-order valence-electron chi connectivity index (χ1n) is 11.5. The van der Waals surface area contributed by atoms with Crippen LogP contribution in [0.25, 0.3) is 11.0 Å². The van der Waals surface area contributed by atoms with E-state index in [-0.39, 0.29) is 41.3 Å². The van der Waals surface area contributed by atoms with Gasteiger partial charge in [0.25, 0.3) is 5.91 Å². The highest BCUT2D eigenvalue weighted by Crippen LogP contribution is 2.44. The van der Waals surface area contributed by atoms with Gasteiger partial charge in [-0.2, -0.15) is 0 Å². The maximum atomic E-state index is 12.8. The number of rotatable bonds is 4. The number of aryl methyl sites for hydroxylation is 2. The van der Waals surface area contributed by atoms with Crippen LogP contribution in [0.5, 0.6) is 11.5 Å². The Labute approximate surface area is 192 Å². The Bertz CT molecular complexity index is 1310. The predicted octanol–water partition coefficient (Wildman–Crippen LogP) is 2.41. The van der Waals surface area contributed by atoms with Crippen molar-refractivity contribution in [2.24, 2.45) is 0 Å². The minimum Gasteiger partial charge on any atom is -0.487 e. The fraction of sp³-hybridized carbons (Fsp3) is 0.583. The molecule has 0 bridgehead atoms. The van der Waals surface area contributed by atoms with Gasteiger partial charge in [-0.15, -0.1) is 0 Å². The molecule has 3 heterocycles. The second kappa shape index (κ2) is 7.75. The van der Waals surface area contributed by atoms with Crippen LogP contribution in [-0.2, 0) is 33.9 Å². The smallest absolute Gasteiger partial charge is 0.339 e. The highest BCUT2D eigenvalue weighted by atomic mass is 32.2. The number of nitrogens with zero attached hydrogens (tertiary/aromatic N) is 1. The van der Waals surface area contributed by atoms with Gasteiger partial charge in [-0.1, -0.05) is 0 Å². The molecule has 0 spiro atoms. The SMILES string of the molecule is CN(C(=O)COc1cc2c(c3oc(=O)c4c(c13)CCC4)CCC(C)(C)O2)[C@H]1CCS(=O)(=O)C1. The van der Waals surface area contributed by atoms with E-state index < -0.39 is 9.84 Å². The number of carbonyl (C=O) groups is 1. The summed E-state index contributed by atoms with van der Waals surface area (Å²) < 4.78 is 41.6. The summed E-state index contributed by atoms with van der Waals surface area (Å²) in [6, 6.07) is 1.47. The number of fused-ring (bicyclic) bond motifs is 5. The Morgan fingerprint density at radius 3 is 2.70 bits per heavy atom. The lowest BCUT2D eigenvalue weighted by Crippen LogP contribution is -2.40. The lowest BCUT2D eigenvalue weighted by atomic mass is 9.91. The van der Waals surface area contributed by atoms with Gasteiger partial charge >= 0.3 is 5.63 Å². The molecule has 1 saturated heterocycles. The van der Waals surface area contributed by atoms with E-state index in [9.17, 15) is 18.0 Å². The number of sulfone groups is 1. The lowest BCUT2D eigenvalue weighted by molar-refractivity contribution is -0.133. The third kappa shape index (κ3) is 4.00. The summed E-state index contributed by atoms with van der Waals surface area (Å²) in [7, 11) is -1.48. The van der Waals surface area contributed by atoms with E-state index in [4.69, 9.17) is 13.9 Å². The maximum Gasteiger partial charge on any atom is 0.339 e. The van der Waals surface area contributed by atoms with Crippen molar-refractivity contribution in [3.63, 3.8) is 0 Å². The first kappa shape index (κ1) is 22.3. The average Bonchev–Trinajstić information content (AvgIpc) is 3.37. The van der Waals surface area contributed by atoms with Crippen molar-refractivity contribution < 1.29 is 27.1 Å². The van der Waals surface area contributed by atoms with Crippen molar-refractivity contribution in [1.29, 1.82) is 0 Å². The standard InChI is InChI=1S/C24H29NO7S/c1-24(2)9-7-17-18(32-24)11-19(21-15-5-4-6-16(15)23(27)31-22(17)21)30-12-20(26)25(3)14-8-10-33(28,29)13-14/h11,14H,4-10,12-13H2,1-3H3/t14-/m0/s1. The molecule has 2 aliphatic heterocycles. The quantitative estimate of drug-likeness (QED) is 0.626. The average molecular weight is 476 g/mol. The number of hydrogen-bond donors (Lipinski definition) is 0. The van der Waals surface area contributed by atoms with Gasteiger partial charge in [0.1, 0.15) is 22.7 Å². The second-order valence-electron chi connectivity index (χ2n) is 9.97. The van der Waals surface area contributed by atoms with Crippen LogP contribution in [0.15, 0.2) is 15.3 Å². The molecule has 1 fully saturated rings. The van der Waals surface area contributed by atoms with Crippen LogP contribution in [-0.4, -0.2) is 56.0 Å². The van der Waals surface area contributed by atoms with Gasteiger partial charge in [0.2, 0.25) is 0 Å². The Morgan fingerprint density at radius 2 is 1.97 bits per heavy atom. The van der Waals surface area contributed by atoms with Gasteiger partial charge in [-0.3, -0.25) is 4.79 Å². The highest BCUT2D eigenvalue weighted by Gasteiger charge is 2.34. The van der Waals surface area contributed by atoms with E-state index in [1.807, 2.05) is 19.9 Å².